The zero-order chi connectivity index (χ0) is 18.6. The van der Waals surface area contributed by atoms with Crippen LogP contribution in [0.25, 0.3) is 0 Å². The average Bonchev–Trinajstić information content (AvgIpc) is 3.10. The van der Waals surface area contributed by atoms with Crippen molar-refractivity contribution >= 4 is 29.9 Å². The molecule has 0 spiro atoms. The molecule has 7 heteroatoms. The topological polar surface area (TPSA) is 58.1 Å². The number of rotatable bonds is 7. The first-order valence-corrected chi connectivity index (χ1v) is 10.4. The number of hydrogen-bond acceptors (Lipinski definition) is 4. The minimum absolute atomic E-state index is 0. The van der Waals surface area contributed by atoms with Crippen LogP contribution in [0.3, 0.4) is 0 Å². The molecule has 2 N–H and O–H groups in total. The van der Waals surface area contributed by atoms with Crippen LogP contribution >= 0.6 is 24.0 Å². The molecular weight excluding hydrogens is 455 g/mol. The predicted molar refractivity (Wildman–Crippen MR) is 121 cm³/mol. The fourth-order valence-electron chi connectivity index (χ4n) is 4.92. The molecule has 2 heterocycles. The van der Waals surface area contributed by atoms with Crippen molar-refractivity contribution in [3.05, 3.63) is 0 Å². The molecule has 0 radical (unpaired) electrons. The van der Waals surface area contributed by atoms with Crippen LogP contribution in [0.15, 0.2) is 4.99 Å². The molecule has 2 saturated heterocycles. The van der Waals surface area contributed by atoms with E-state index in [4.69, 9.17) is 14.5 Å². The fourth-order valence-corrected chi connectivity index (χ4v) is 4.92. The van der Waals surface area contributed by atoms with E-state index in [0.29, 0.717) is 24.0 Å². The van der Waals surface area contributed by atoms with Gasteiger partial charge >= 0.3 is 0 Å². The van der Waals surface area contributed by atoms with Gasteiger partial charge in [-0.25, -0.2) is 0 Å². The Morgan fingerprint density at radius 3 is 2.67 bits per heavy atom. The molecule has 0 aromatic rings. The van der Waals surface area contributed by atoms with Crippen molar-refractivity contribution in [1.29, 1.82) is 0 Å². The second-order valence-corrected chi connectivity index (χ2v) is 8.68. The lowest BCUT2D eigenvalue weighted by Crippen LogP contribution is -2.68. The van der Waals surface area contributed by atoms with E-state index in [-0.39, 0.29) is 29.4 Å². The highest BCUT2D eigenvalue weighted by Gasteiger charge is 2.59. The summed E-state index contributed by atoms with van der Waals surface area (Å²) in [6.07, 6.45) is 4.06. The van der Waals surface area contributed by atoms with Crippen molar-refractivity contribution in [2.24, 2.45) is 22.2 Å². The molecule has 0 aromatic carbocycles. The Morgan fingerprint density at radius 2 is 2.00 bits per heavy atom. The van der Waals surface area contributed by atoms with Crippen LogP contribution in [0.2, 0.25) is 0 Å². The lowest BCUT2D eigenvalue weighted by atomic mass is 9.57. The second kappa shape index (κ2) is 10.6. The van der Waals surface area contributed by atoms with Crippen molar-refractivity contribution in [3.8, 4) is 0 Å². The fraction of sp³-hybridized carbons (Fsp3) is 0.950. The summed E-state index contributed by atoms with van der Waals surface area (Å²) in [7, 11) is 1.78. The first kappa shape index (κ1) is 23.2. The highest BCUT2D eigenvalue weighted by molar-refractivity contribution is 14.0. The van der Waals surface area contributed by atoms with Crippen molar-refractivity contribution in [2.45, 2.75) is 52.2 Å². The van der Waals surface area contributed by atoms with Crippen LogP contribution in [0, 0.1) is 17.3 Å². The van der Waals surface area contributed by atoms with Crippen LogP contribution in [0.1, 0.15) is 40.0 Å². The molecular formula is C20H39IN4O2. The number of ether oxygens (including phenoxy) is 2. The number of fused-ring (bicyclic) bond motifs is 1. The molecule has 1 saturated carbocycles. The van der Waals surface area contributed by atoms with Crippen LogP contribution in [0.5, 0.6) is 0 Å². The van der Waals surface area contributed by atoms with Gasteiger partial charge in [0.1, 0.15) is 0 Å². The first-order valence-electron chi connectivity index (χ1n) is 10.4. The third-order valence-corrected chi connectivity index (χ3v) is 6.56. The standard InChI is InChI=1S/C20H38N4O2.HI/c1-5-21-19(23-17-16-8-12-26-18(16)20(17,2)3)22-14-15-6-9-24(10-7-15)11-13-25-4;/h15-18H,5-14H2,1-4H3,(H2,21,22,23);1H. The average molecular weight is 494 g/mol. The van der Waals surface area contributed by atoms with Gasteiger partial charge in [-0.2, -0.15) is 0 Å². The molecule has 27 heavy (non-hydrogen) atoms. The summed E-state index contributed by atoms with van der Waals surface area (Å²) in [6.45, 7) is 13.7. The molecule has 3 atom stereocenters. The lowest BCUT2D eigenvalue weighted by molar-refractivity contribution is -0.106. The number of methoxy groups -OCH3 is 1. The number of piperidine rings is 1. The third-order valence-electron chi connectivity index (χ3n) is 6.56. The normalized spacial score (nSPS) is 31.0. The van der Waals surface area contributed by atoms with E-state index in [1.165, 1.54) is 32.4 Å². The van der Waals surface area contributed by atoms with Gasteiger partial charge in [-0.1, -0.05) is 13.8 Å². The molecule has 3 rings (SSSR count). The van der Waals surface area contributed by atoms with Crippen LogP contribution in [-0.4, -0.2) is 76.1 Å². The minimum Gasteiger partial charge on any atom is -0.383 e. The van der Waals surface area contributed by atoms with Crippen LogP contribution in [0.4, 0.5) is 0 Å². The number of likely N-dealkylation sites (tertiary alicyclic amines) is 1. The molecule has 158 valence electrons. The van der Waals surface area contributed by atoms with E-state index in [0.717, 1.165) is 38.8 Å². The number of guanidine groups is 1. The zero-order valence-electron chi connectivity index (χ0n) is 17.5. The summed E-state index contributed by atoms with van der Waals surface area (Å²) < 4.78 is 11.1. The SMILES string of the molecule is CCNC(=NCC1CCN(CCOC)CC1)NC1C2CCOC2C1(C)C.I. The first-order chi connectivity index (χ1) is 12.6. The maximum absolute atomic E-state index is 5.92. The molecule has 2 aliphatic heterocycles. The summed E-state index contributed by atoms with van der Waals surface area (Å²) in [6, 6.07) is 0.462. The second-order valence-electron chi connectivity index (χ2n) is 8.68. The molecule has 0 aromatic heterocycles. The van der Waals surface area contributed by atoms with Crippen molar-refractivity contribution in [2.75, 3.05) is 53.0 Å². The van der Waals surface area contributed by atoms with Crippen molar-refractivity contribution in [3.63, 3.8) is 0 Å². The highest BCUT2D eigenvalue weighted by Crippen LogP contribution is 2.52. The summed E-state index contributed by atoms with van der Waals surface area (Å²) in [5, 5.41) is 7.17. The maximum Gasteiger partial charge on any atom is 0.191 e. The predicted octanol–water partition coefficient (Wildman–Crippen LogP) is 2.33. The van der Waals surface area contributed by atoms with Crippen LogP contribution < -0.4 is 10.6 Å². The Morgan fingerprint density at radius 1 is 1.26 bits per heavy atom. The molecule has 3 fully saturated rings. The van der Waals surface area contributed by atoms with Gasteiger partial charge in [-0.3, -0.25) is 4.99 Å². The Labute approximate surface area is 182 Å². The Hall–Kier alpha value is -0.120. The van der Waals surface area contributed by atoms with Gasteiger partial charge in [0.05, 0.1) is 12.7 Å². The monoisotopic (exact) mass is 494 g/mol. The highest BCUT2D eigenvalue weighted by atomic mass is 127. The lowest BCUT2D eigenvalue weighted by Gasteiger charge is -2.55. The maximum atomic E-state index is 5.92. The van der Waals surface area contributed by atoms with E-state index in [2.05, 4.69) is 36.3 Å². The number of nitrogens with zero attached hydrogens (tertiary/aromatic N) is 2. The Bertz CT molecular complexity index is 481. The van der Waals surface area contributed by atoms with E-state index < -0.39 is 0 Å². The van der Waals surface area contributed by atoms with Gasteiger partial charge in [0.15, 0.2) is 5.96 Å². The van der Waals surface area contributed by atoms with Gasteiger partial charge in [0.25, 0.3) is 0 Å². The molecule has 3 aliphatic rings. The largest absolute Gasteiger partial charge is 0.383 e. The number of nitrogens with one attached hydrogen (secondary N) is 2. The third kappa shape index (κ3) is 5.48. The number of aliphatic imine (C=N–C) groups is 1. The number of hydrogen-bond donors (Lipinski definition) is 2. The van der Waals surface area contributed by atoms with E-state index in [1.807, 2.05) is 0 Å². The summed E-state index contributed by atoms with van der Waals surface area (Å²) in [5.74, 6) is 2.32. The Kier molecular flexibility index (Phi) is 9.09. The van der Waals surface area contributed by atoms with Gasteiger partial charge in [-0.15, -0.1) is 24.0 Å². The van der Waals surface area contributed by atoms with Crippen LogP contribution in [-0.2, 0) is 9.47 Å². The van der Waals surface area contributed by atoms with E-state index in [1.54, 1.807) is 7.11 Å². The summed E-state index contributed by atoms with van der Waals surface area (Å²) >= 11 is 0. The quantitative estimate of drug-likeness (QED) is 0.323. The molecule has 3 unspecified atom stereocenters. The van der Waals surface area contributed by atoms with E-state index >= 15 is 0 Å². The van der Waals surface area contributed by atoms with Crippen molar-refractivity contribution in [1.82, 2.24) is 15.5 Å². The number of halogens is 1. The molecule has 1 aliphatic carbocycles. The Balaban J connectivity index is 0.00000261. The van der Waals surface area contributed by atoms with Crippen molar-refractivity contribution < 1.29 is 9.47 Å². The smallest absolute Gasteiger partial charge is 0.191 e. The molecule has 6 nitrogen and oxygen atoms in total. The van der Waals surface area contributed by atoms with Gasteiger partial charge in [-0.05, 0) is 45.2 Å². The van der Waals surface area contributed by atoms with Gasteiger partial charge < -0.3 is 25.0 Å². The van der Waals surface area contributed by atoms with Gasteiger partial charge in [0.2, 0.25) is 0 Å². The van der Waals surface area contributed by atoms with E-state index in [9.17, 15) is 0 Å². The van der Waals surface area contributed by atoms with Gasteiger partial charge in [0, 0.05) is 50.7 Å². The molecule has 0 bridgehead atoms. The molecule has 0 amide bonds. The minimum atomic E-state index is 0. The zero-order valence-corrected chi connectivity index (χ0v) is 19.8. The summed E-state index contributed by atoms with van der Waals surface area (Å²) in [4.78, 5) is 7.44. The summed E-state index contributed by atoms with van der Waals surface area (Å²) in [5.41, 5.74) is 0.185.